The number of hydrogen-bond donors (Lipinski definition) is 1. The van der Waals surface area contributed by atoms with Crippen LogP contribution in [0.1, 0.15) is 32.1 Å². The second-order valence-corrected chi connectivity index (χ2v) is 5.28. The van der Waals surface area contributed by atoms with Crippen LogP contribution < -0.4 is 5.73 Å². The SMILES string of the molecule is NCCCCC[N+](=O)CC1CC2C=CC1C2. The largest absolute Gasteiger partial charge is 0.330 e. The normalized spacial score (nSPS) is 31.2. The molecule has 0 spiro atoms. The molecule has 3 atom stereocenters. The Morgan fingerprint density at radius 1 is 1.19 bits per heavy atom. The molecule has 3 nitrogen and oxygen atoms in total. The summed E-state index contributed by atoms with van der Waals surface area (Å²) in [7, 11) is 0. The molecule has 0 amide bonds. The van der Waals surface area contributed by atoms with E-state index in [4.69, 9.17) is 5.73 Å². The van der Waals surface area contributed by atoms with Gasteiger partial charge in [0.15, 0.2) is 13.1 Å². The fourth-order valence-electron chi connectivity index (χ4n) is 3.07. The van der Waals surface area contributed by atoms with Crippen molar-refractivity contribution in [2.24, 2.45) is 23.5 Å². The monoisotopic (exact) mass is 223 g/mol. The summed E-state index contributed by atoms with van der Waals surface area (Å²) in [6.07, 6.45) is 10.3. The summed E-state index contributed by atoms with van der Waals surface area (Å²) < 4.78 is 1.27. The smallest absolute Gasteiger partial charge is 0.195 e. The third kappa shape index (κ3) is 2.91. The van der Waals surface area contributed by atoms with Crippen molar-refractivity contribution in [3.05, 3.63) is 17.1 Å². The Morgan fingerprint density at radius 2 is 2.06 bits per heavy atom. The maximum atomic E-state index is 11.7. The van der Waals surface area contributed by atoms with Crippen molar-refractivity contribution in [1.29, 1.82) is 0 Å². The molecular weight excluding hydrogens is 200 g/mol. The van der Waals surface area contributed by atoms with Crippen LogP contribution in [0.15, 0.2) is 12.2 Å². The van der Waals surface area contributed by atoms with Crippen LogP contribution in [0, 0.1) is 22.7 Å². The maximum Gasteiger partial charge on any atom is 0.195 e. The quantitative estimate of drug-likeness (QED) is 0.408. The molecule has 2 aliphatic rings. The second kappa shape index (κ2) is 5.58. The molecule has 1 saturated carbocycles. The Hall–Kier alpha value is -0.700. The number of fused-ring (bicyclic) bond motifs is 2. The van der Waals surface area contributed by atoms with Gasteiger partial charge in [0.25, 0.3) is 0 Å². The molecule has 0 aliphatic heterocycles. The zero-order valence-corrected chi connectivity index (χ0v) is 9.98. The lowest BCUT2D eigenvalue weighted by Gasteiger charge is -2.12. The van der Waals surface area contributed by atoms with Gasteiger partial charge in [-0.15, -0.1) is 0 Å². The number of hydrogen-bond acceptors (Lipinski definition) is 2. The van der Waals surface area contributed by atoms with Crippen LogP contribution in [0.3, 0.4) is 0 Å². The lowest BCUT2D eigenvalue weighted by Crippen LogP contribution is -2.22. The first-order valence-corrected chi connectivity index (χ1v) is 6.60. The number of nitrogens with two attached hydrogens (primary N) is 1. The Kier molecular flexibility index (Phi) is 4.10. The maximum absolute atomic E-state index is 11.7. The summed E-state index contributed by atoms with van der Waals surface area (Å²) in [5.41, 5.74) is 5.42. The van der Waals surface area contributed by atoms with Gasteiger partial charge in [-0.25, -0.2) is 0 Å². The molecule has 0 saturated heterocycles. The van der Waals surface area contributed by atoms with Gasteiger partial charge >= 0.3 is 0 Å². The second-order valence-electron chi connectivity index (χ2n) is 5.28. The first-order valence-electron chi connectivity index (χ1n) is 6.60. The van der Waals surface area contributed by atoms with E-state index in [0.717, 1.165) is 38.3 Å². The zero-order chi connectivity index (χ0) is 11.4. The van der Waals surface area contributed by atoms with Crippen LogP contribution in [0.5, 0.6) is 0 Å². The van der Waals surface area contributed by atoms with E-state index in [1.165, 1.54) is 17.6 Å². The van der Waals surface area contributed by atoms with E-state index in [-0.39, 0.29) is 0 Å². The minimum absolute atomic E-state index is 0.627. The molecule has 0 aromatic heterocycles. The summed E-state index contributed by atoms with van der Waals surface area (Å²) in [6, 6.07) is 0. The van der Waals surface area contributed by atoms with E-state index in [0.29, 0.717) is 18.4 Å². The molecule has 2 aliphatic carbocycles. The van der Waals surface area contributed by atoms with Crippen molar-refractivity contribution in [3.8, 4) is 0 Å². The van der Waals surface area contributed by atoms with Gasteiger partial charge in [0.1, 0.15) is 0 Å². The van der Waals surface area contributed by atoms with E-state index in [9.17, 15) is 4.91 Å². The van der Waals surface area contributed by atoms with Crippen LogP contribution in [-0.2, 0) is 0 Å². The molecule has 3 unspecified atom stereocenters. The van der Waals surface area contributed by atoms with E-state index >= 15 is 0 Å². The van der Waals surface area contributed by atoms with Crippen molar-refractivity contribution in [3.63, 3.8) is 0 Å². The first-order chi connectivity index (χ1) is 7.79. The standard InChI is InChI=1S/C13H23N2O/c14-6-2-1-3-7-15(16)10-13-9-11-4-5-12(13)8-11/h4-5,11-13H,1-3,6-10,14H2/q+1. The van der Waals surface area contributed by atoms with E-state index in [2.05, 4.69) is 12.2 Å². The van der Waals surface area contributed by atoms with Crippen LogP contribution in [-0.4, -0.2) is 24.4 Å². The van der Waals surface area contributed by atoms with Crippen molar-refractivity contribution in [2.45, 2.75) is 32.1 Å². The van der Waals surface area contributed by atoms with Gasteiger partial charge in [-0.3, -0.25) is 0 Å². The topological polar surface area (TPSA) is 46.1 Å². The van der Waals surface area contributed by atoms with Gasteiger partial charge in [-0.2, -0.15) is 0 Å². The highest BCUT2D eigenvalue weighted by Crippen LogP contribution is 2.43. The van der Waals surface area contributed by atoms with Gasteiger partial charge in [0, 0.05) is 17.2 Å². The van der Waals surface area contributed by atoms with Crippen LogP contribution in [0.25, 0.3) is 0 Å². The third-order valence-corrected chi connectivity index (χ3v) is 3.97. The molecule has 2 rings (SSSR count). The highest BCUT2D eigenvalue weighted by atomic mass is 16.3. The van der Waals surface area contributed by atoms with Crippen molar-refractivity contribution < 1.29 is 4.76 Å². The zero-order valence-electron chi connectivity index (χ0n) is 9.98. The van der Waals surface area contributed by atoms with Gasteiger partial charge in [-0.1, -0.05) is 12.2 Å². The van der Waals surface area contributed by atoms with Gasteiger partial charge in [0.05, 0.1) is 0 Å². The number of nitrogens with zero attached hydrogens (tertiary/aromatic N) is 1. The molecule has 16 heavy (non-hydrogen) atoms. The number of allylic oxidation sites excluding steroid dienone is 2. The highest BCUT2D eigenvalue weighted by molar-refractivity contribution is 5.09. The predicted octanol–water partition coefficient (Wildman–Crippen LogP) is 2.11. The number of nitroso groups, excluding NO2 is 1. The van der Waals surface area contributed by atoms with E-state index < -0.39 is 0 Å². The Bertz CT molecular complexity index is 275. The fourth-order valence-corrected chi connectivity index (χ4v) is 3.07. The highest BCUT2D eigenvalue weighted by Gasteiger charge is 2.38. The van der Waals surface area contributed by atoms with E-state index in [1.54, 1.807) is 0 Å². The number of rotatable bonds is 7. The summed E-state index contributed by atoms with van der Waals surface area (Å²) in [6.45, 7) is 2.18. The lowest BCUT2D eigenvalue weighted by molar-refractivity contribution is -0.556. The average Bonchev–Trinajstić information content (AvgIpc) is 2.86. The van der Waals surface area contributed by atoms with Crippen LogP contribution >= 0.6 is 0 Å². The summed E-state index contributed by atoms with van der Waals surface area (Å²) in [4.78, 5) is 11.7. The molecule has 1 fully saturated rings. The molecule has 0 aromatic rings. The van der Waals surface area contributed by atoms with Crippen molar-refractivity contribution >= 4 is 0 Å². The Balaban J connectivity index is 1.62. The summed E-state index contributed by atoms with van der Waals surface area (Å²) >= 11 is 0. The number of unbranched alkanes of at least 4 members (excludes halogenated alkanes) is 2. The molecule has 3 heteroatoms. The molecule has 2 N–H and O–H groups in total. The van der Waals surface area contributed by atoms with Gasteiger partial charge in [-0.05, 0) is 48.8 Å². The molecule has 0 radical (unpaired) electrons. The van der Waals surface area contributed by atoms with Crippen LogP contribution in [0.2, 0.25) is 0 Å². The van der Waals surface area contributed by atoms with Gasteiger partial charge < -0.3 is 5.73 Å². The summed E-state index contributed by atoms with van der Waals surface area (Å²) in [5, 5.41) is 0. The van der Waals surface area contributed by atoms with Crippen molar-refractivity contribution in [1.82, 2.24) is 0 Å². The summed E-state index contributed by atoms with van der Waals surface area (Å²) in [5.74, 6) is 2.10. The van der Waals surface area contributed by atoms with Crippen LogP contribution in [0.4, 0.5) is 0 Å². The molecule has 2 bridgehead atoms. The van der Waals surface area contributed by atoms with E-state index in [1.807, 2.05) is 0 Å². The third-order valence-electron chi connectivity index (χ3n) is 3.97. The Labute approximate surface area is 97.7 Å². The fraction of sp³-hybridized carbons (Fsp3) is 0.846. The Morgan fingerprint density at radius 3 is 2.69 bits per heavy atom. The van der Waals surface area contributed by atoms with Gasteiger partial charge in [0.2, 0.25) is 0 Å². The molecule has 0 heterocycles. The average molecular weight is 223 g/mol. The molecule has 0 aromatic carbocycles. The minimum Gasteiger partial charge on any atom is -0.330 e. The lowest BCUT2D eigenvalue weighted by atomic mass is 9.93. The predicted molar refractivity (Wildman–Crippen MR) is 65.1 cm³/mol. The van der Waals surface area contributed by atoms with Crippen molar-refractivity contribution in [2.75, 3.05) is 19.6 Å². The molecule has 90 valence electrons. The first kappa shape index (κ1) is 11.8. The molecular formula is C13H23N2O+. The minimum atomic E-state index is 0.627.